The van der Waals surface area contributed by atoms with E-state index >= 15 is 0 Å². The van der Waals surface area contributed by atoms with Crippen molar-refractivity contribution in [2.45, 2.75) is 56.4 Å². The third kappa shape index (κ3) is 7.80. The van der Waals surface area contributed by atoms with Gasteiger partial charge in [-0.05, 0) is 48.9 Å². The number of hydrogen-bond acceptors (Lipinski definition) is 6. The standard InChI is InChI=1S/C27H38N4O4S/c1-3-4-5-6-7-17-36(34,35)25-13-11-22(12-14-25)30-27(33)21-9-8-10-23(18-21)31-16-15-29-20-24(31)19-26(32)28-2/h8-14,18,24,29H,3-7,15-17,19-20H2,1-2H3,(H,28,32)(H,30,33)/t24-/m1/s1. The van der Waals surface area contributed by atoms with Gasteiger partial charge >= 0.3 is 0 Å². The molecule has 9 heteroatoms. The molecule has 3 N–H and O–H groups in total. The maximum Gasteiger partial charge on any atom is 0.255 e. The molecule has 1 fully saturated rings. The molecule has 2 amide bonds. The van der Waals surface area contributed by atoms with Gasteiger partial charge in [-0.15, -0.1) is 0 Å². The zero-order valence-electron chi connectivity index (χ0n) is 21.3. The van der Waals surface area contributed by atoms with E-state index in [4.69, 9.17) is 0 Å². The highest BCUT2D eigenvalue weighted by Crippen LogP contribution is 2.23. The number of anilines is 2. The smallest absolute Gasteiger partial charge is 0.255 e. The SMILES string of the molecule is CCCCCCCS(=O)(=O)c1ccc(NC(=O)c2cccc(N3CCNC[C@H]3CC(=O)NC)c2)cc1. The molecule has 0 unspecified atom stereocenters. The molecule has 1 aliphatic rings. The highest BCUT2D eigenvalue weighted by atomic mass is 32.2. The summed E-state index contributed by atoms with van der Waals surface area (Å²) in [5, 5.41) is 8.86. The van der Waals surface area contributed by atoms with Crippen molar-refractivity contribution in [2.24, 2.45) is 0 Å². The van der Waals surface area contributed by atoms with Crippen LogP contribution in [0.3, 0.4) is 0 Å². The van der Waals surface area contributed by atoms with Crippen LogP contribution in [-0.2, 0) is 14.6 Å². The number of carbonyl (C=O) groups is 2. The van der Waals surface area contributed by atoms with Crippen molar-refractivity contribution in [1.82, 2.24) is 10.6 Å². The molecule has 1 heterocycles. The fourth-order valence-electron chi connectivity index (χ4n) is 4.39. The minimum absolute atomic E-state index is 0.00171. The van der Waals surface area contributed by atoms with Crippen LogP contribution in [-0.4, -0.2) is 58.7 Å². The van der Waals surface area contributed by atoms with Crippen LogP contribution in [0.4, 0.5) is 11.4 Å². The Bertz CT molecular complexity index is 1120. The highest BCUT2D eigenvalue weighted by Gasteiger charge is 2.25. The molecule has 0 spiro atoms. The summed E-state index contributed by atoms with van der Waals surface area (Å²) in [7, 11) is -1.70. The average Bonchev–Trinajstić information content (AvgIpc) is 2.89. The van der Waals surface area contributed by atoms with E-state index in [1.165, 1.54) is 0 Å². The Hall–Kier alpha value is -2.91. The van der Waals surface area contributed by atoms with E-state index in [0.29, 0.717) is 30.6 Å². The zero-order chi connectivity index (χ0) is 26.0. The van der Waals surface area contributed by atoms with Crippen LogP contribution in [0.1, 0.15) is 55.8 Å². The van der Waals surface area contributed by atoms with Crippen molar-refractivity contribution < 1.29 is 18.0 Å². The van der Waals surface area contributed by atoms with Gasteiger partial charge < -0.3 is 20.9 Å². The second-order valence-corrected chi connectivity index (χ2v) is 11.3. The predicted octanol–water partition coefficient (Wildman–Crippen LogP) is 3.60. The van der Waals surface area contributed by atoms with Crippen molar-refractivity contribution >= 4 is 33.0 Å². The van der Waals surface area contributed by atoms with Gasteiger partial charge in [-0.3, -0.25) is 9.59 Å². The number of benzene rings is 2. The summed E-state index contributed by atoms with van der Waals surface area (Å²) < 4.78 is 25.2. The summed E-state index contributed by atoms with van der Waals surface area (Å²) >= 11 is 0. The first kappa shape index (κ1) is 27.7. The number of sulfone groups is 1. The monoisotopic (exact) mass is 514 g/mol. The van der Waals surface area contributed by atoms with E-state index in [-0.39, 0.29) is 28.5 Å². The summed E-state index contributed by atoms with van der Waals surface area (Å²) in [6.45, 7) is 4.36. The molecular weight excluding hydrogens is 476 g/mol. The Morgan fingerprint density at radius 1 is 1.06 bits per heavy atom. The molecule has 8 nitrogen and oxygen atoms in total. The molecule has 1 saturated heterocycles. The van der Waals surface area contributed by atoms with E-state index in [9.17, 15) is 18.0 Å². The van der Waals surface area contributed by atoms with E-state index in [2.05, 4.69) is 27.8 Å². The number of carbonyl (C=O) groups excluding carboxylic acids is 2. The van der Waals surface area contributed by atoms with Crippen LogP contribution in [0.2, 0.25) is 0 Å². The average molecular weight is 515 g/mol. The van der Waals surface area contributed by atoms with Gasteiger partial charge in [0, 0.05) is 50.0 Å². The van der Waals surface area contributed by atoms with Gasteiger partial charge in [-0.1, -0.05) is 38.7 Å². The summed E-state index contributed by atoms with van der Waals surface area (Å²) in [4.78, 5) is 27.3. The molecule has 36 heavy (non-hydrogen) atoms. The van der Waals surface area contributed by atoms with Crippen LogP contribution >= 0.6 is 0 Å². The lowest BCUT2D eigenvalue weighted by Crippen LogP contribution is -2.53. The lowest BCUT2D eigenvalue weighted by atomic mass is 10.1. The second-order valence-electron chi connectivity index (χ2n) is 9.19. The Morgan fingerprint density at radius 3 is 2.53 bits per heavy atom. The molecule has 0 bridgehead atoms. The molecule has 1 aliphatic heterocycles. The number of amides is 2. The maximum absolute atomic E-state index is 12.9. The molecule has 0 aliphatic carbocycles. The molecule has 0 saturated carbocycles. The van der Waals surface area contributed by atoms with Crippen molar-refractivity contribution in [3.05, 3.63) is 54.1 Å². The van der Waals surface area contributed by atoms with E-state index < -0.39 is 9.84 Å². The number of hydrogen-bond donors (Lipinski definition) is 3. The number of piperazine rings is 1. The Morgan fingerprint density at radius 2 is 1.81 bits per heavy atom. The number of rotatable bonds is 12. The molecule has 2 aromatic carbocycles. The first-order chi connectivity index (χ1) is 17.3. The summed E-state index contributed by atoms with van der Waals surface area (Å²) in [5.74, 6) is -0.159. The molecule has 0 aromatic heterocycles. The third-order valence-corrected chi connectivity index (χ3v) is 8.29. The van der Waals surface area contributed by atoms with Gasteiger partial charge in [0.25, 0.3) is 5.91 Å². The fraction of sp³-hybridized carbons (Fsp3) is 0.481. The lowest BCUT2D eigenvalue weighted by molar-refractivity contribution is -0.121. The summed E-state index contributed by atoms with van der Waals surface area (Å²) in [5.41, 5.74) is 1.92. The topological polar surface area (TPSA) is 108 Å². The first-order valence-corrected chi connectivity index (χ1v) is 14.4. The third-order valence-electron chi connectivity index (χ3n) is 6.48. The fourth-order valence-corrected chi connectivity index (χ4v) is 5.76. The van der Waals surface area contributed by atoms with Crippen LogP contribution < -0.4 is 20.9 Å². The van der Waals surface area contributed by atoms with E-state index in [1.807, 2.05) is 18.2 Å². The minimum atomic E-state index is -3.33. The van der Waals surface area contributed by atoms with E-state index in [1.54, 1.807) is 37.4 Å². The van der Waals surface area contributed by atoms with Gasteiger partial charge in [0.2, 0.25) is 5.91 Å². The Balaban J connectivity index is 1.63. The maximum atomic E-state index is 12.9. The summed E-state index contributed by atoms with van der Waals surface area (Å²) in [6, 6.07) is 13.7. The van der Waals surface area contributed by atoms with Gasteiger partial charge in [0.1, 0.15) is 0 Å². The van der Waals surface area contributed by atoms with Gasteiger partial charge in [-0.2, -0.15) is 0 Å². The van der Waals surface area contributed by atoms with E-state index in [0.717, 1.165) is 44.5 Å². The summed E-state index contributed by atoms with van der Waals surface area (Å²) in [6.07, 6.45) is 5.26. The lowest BCUT2D eigenvalue weighted by Gasteiger charge is -2.37. The van der Waals surface area contributed by atoms with Crippen molar-refractivity contribution in [1.29, 1.82) is 0 Å². The number of unbranched alkanes of at least 4 members (excludes halogenated alkanes) is 4. The van der Waals surface area contributed by atoms with Crippen LogP contribution in [0, 0.1) is 0 Å². The van der Waals surface area contributed by atoms with Crippen molar-refractivity contribution in [3.8, 4) is 0 Å². The van der Waals surface area contributed by atoms with Crippen molar-refractivity contribution in [2.75, 3.05) is 42.7 Å². The largest absolute Gasteiger partial charge is 0.365 e. The molecule has 0 radical (unpaired) electrons. The number of nitrogens with one attached hydrogen (secondary N) is 3. The minimum Gasteiger partial charge on any atom is -0.365 e. The van der Waals surface area contributed by atoms with Gasteiger partial charge in [0.15, 0.2) is 9.84 Å². The van der Waals surface area contributed by atoms with Crippen LogP contribution in [0.25, 0.3) is 0 Å². The first-order valence-electron chi connectivity index (χ1n) is 12.8. The van der Waals surface area contributed by atoms with Gasteiger partial charge in [-0.25, -0.2) is 8.42 Å². The van der Waals surface area contributed by atoms with Crippen LogP contribution in [0.5, 0.6) is 0 Å². The Kier molecular flexibility index (Phi) is 10.3. The molecular formula is C27H38N4O4S. The second kappa shape index (κ2) is 13.4. The quantitative estimate of drug-likeness (QED) is 0.374. The van der Waals surface area contributed by atoms with Crippen LogP contribution in [0.15, 0.2) is 53.4 Å². The molecule has 196 valence electrons. The Labute approximate surface area is 214 Å². The molecule has 1 atom stereocenters. The molecule has 3 rings (SSSR count). The highest BCUT2D eigenvalue weighted by molar-refractivity contribution is 7.91. The number of nitrogens with zero attached hydrogens (tertiary/aromatic N) is 1. The zero-order valence-corrected chi connectivity index (χ0v) is 22.1. The van der Waals surface area contributed by atoms with Crippen molar-refractivity contribution in [3.63, 3.8) is 0 Å². The predicted molar refractivity (Wildman–Crippen MR) is 144 cm³/mol. The van der Waals surface area contributed by atoms with Gasteiger partial charge in [0.05, 0.1) is 16.7 Å². The molecule has 2 aromatic rings. The normalized spacial score (nSPS) is 15.9.